The number of carbonyl (C=O) groups excluding carboxylic acids is 1. The van der Waals surface area contributed by atoms with Gasteiger partial charge in [0.25, 0.3) is 11.5 Å². The number of rotatable bonds is 2. The predicted octanol–water partition coefficient (Wildman–Crippen LogP) is 1.41. The highest BCUT2D eigenvalue weighted by Crippen LogP contribution is 2.11. The molecule has 18 heavy (non-hydrogen) atoms. The van der Waals surface area contributed by atoms with Crippen LogP contribution in [0.5, 0.6) is 0 Å². The zero-order valence-electron chi connectivity index (χ0n) is 9.46. The number of hydrogen-bond acceptors (Lipinski definition) is 2. The molecule has 0 bridgehead atoms. The number of hydrogen-bond donors (Lipinski definition) is 1. The summed E-state index contributed by atoms with van der Waals surface area (Å²) in [5, 5.41) is 2.52. The van der Waals surface area contributed by atoms with E-state index in [1.807, 2.05) is 5.92 Å². The number of benzene rings is 1. The molecule has 0 radical (unpaired) electrons. The molecule has 0 unspecified atom stereocenters. The molecular weight excluding hydrogens is 228 g/mol. The SMILES string of the molecule is C#CC(=O)Nc1ccc(-n2ccccc2=O)cc1. The van der Waals surface area contributed by atoms with Crippen LogP contribution >= 0.6 is 0 Å². The average Bonchev–Trinajstić information content (AvgIpc) is 2.40. The summed E-state index contributed by atoms with van der Waals surface area (Å²) >= 11 is 0. The van der Waals surface area contributed by atoms with Crippen molar-refractivity contribution in [3.05, 3.63) is 59.0 Å². The van der Waals surface area contributed by atoms with Crippen LogP contribution in [-0.4, -0.2) is 10.5 Å². The number of amides is 1. The van der Waals surface area contributed by atoms with Crippen LogP contribution in [0.2, 0.25) is 0 Å². The summed E-state index contributed by atoms with van der Waals surface area (Å²) in [6, 6.07) is 11.8. The lowest BCUT2D eigenvalue weighted by Gasteiger charge is -2.06. The Kier molecular flexibility index (Phi) is 3.26. The maximum Gasteiger partial charge on any atom is 0.300 e. The molecule has 0 fully saturated rings. The second kappa shape index (κ2) is 5.02. The molecule has 4 nitrogen and oxygen atoms in total. The van der Waals surface area contributed by atoms with Crippen LogP contribution in [0, 0.1) is 12.3 Å². The van der Waals surface area contributed by atoms with Gasteiger partial charge >= 0.3 is 0 Å². The van der Waals surface area contributed by atoms with Crippen LogP contribution in [0.25, 0.3) is 5.69 Å². The third kappa shape index (κ3) is 2.47. The maximum absolute atomic E-state index is 11.6. The number of pyridine rings is 1. The smallest absolute Gasteiger partial charge is 0.300 e. The van der Waals surface area contributed by atoms with Crippen molar-refractivity contribution in [1.82, 2.24) is 4.57 Å². The van der Waals surface area contributed by atoms with Crippen LogP contribution in [0.15, 0.2) is 53.5 Å². The van der Waals surface area contributed by atoms with Crippen LogP contribution in [0.3, 0.4) is 0 Å². The van der Waals surface area contributed by atoms with Crippen molar-refractivity contribution in [2.45, 2.75) is 0 Å². The molecule has 2 rings (SSSR count). The molecule has 88 valence electrons. The molecule has 0 aliphatic carbocycles. The van der Waals surface area contributed by atoms with E-state index in [4.69, 9.17) is 6.42 Å². The van der Waals surface area contributed by atoms with Gasteiger partial charge in [-0.3, -0.25) is 14.2 Å². The third-order valence-corrected chi connectivity index (χ3v) is 2.36. The van der Waals surface area contributed by atoms with Gasteiger partial charge in [0.15, 0.2) is 0 Å². The quantitative estimate of drug-likeness (QED) is 0.804. The second-order valence-electron chi connectivity index (χ2n) is 3.55. The Hall–Kier alpha value is -2.80. The van der Waals surface area contributed by atoms with Crippen molar-refractivity contribution in [3.63, 3.8) is 0 Å². The highest BCUT2D eigenvalue weighted by atomic mass is 16.1. The topological polar surface area (TPSA) is 51.1 Å². The number of carbonyl (C=O) groups is 1. The van der Waals surface area contributed by atoms with Crippen molar-refractivity contribution in [2.75, 3.05) is 5.32 Å². The minimum absolute atomic E-state index is 0.113. The lowest BCUT2D eigenvalue weighted by Crippen LogP contribution is -2.15. The van der Waals surface area contributed by atoms with Gasteiger partial charge in [-0.05, 0) is 36.3 Å². The van der Waals surface area contributed by atoms with Crippen molar-refractivity contribution < 1.29 is 4.79 Å². The Morgan fingerprint density at radius 2 is 1.89 bits per heavy atom. The van der Waals surface area contributed by atoms with Gasteiger partial charge in [-0.25, -0.2) is 0 Å². The summed E-state index contributed by atoms with van der Waals surface area (Å²) in [7, 11) is 0. The van der Waals surface area contributed by atoms with E-state index in [0.29, 0.717) is 5.69 Å². The number of nitrogens with zero attached hydrogens (tertiary/aromatic N) is 1. The molecule has 0 aliphatic heterocycles. The third-order valence-electron chi connectivity index (χ3n) is 2.36. The average molecular weight is 238 g/mol. The first-order valence-electron chi connectivity index (χ1n) is 5.26. The molecule has 0 atom stereocenters. The summed E-state index contributed by atoms with van der Waals surface area (Å²) in [6.45, 7) is 0. The van der Waals surface area contributed by atoms with Crippen molar-refractivity contribution >= 4 is 11.6 Å². The van der Waals surface area contributed by atoms with Crippen LogP contribution in [0.4, 0.5) is 5.69 Å². The number of anilines is 1. The maximum atomic E-state index is 11.6. The molecular formula is C14H10N2O2. The summed E-state index contributed by atoms with van der Waals surface area (Å²) in [6.07, 6.45) is 6.63. The van der Waals surface area contributed by atoms with Crippen LogP contribution in [-0.2, 0) is 4.79 Å². The van der Waals surface area contributed by atoms with Gasteiger partial charge in [-0.1, -0.05) is 6.07 Å². The molecule has 0 saturated heterocycles. The zero-order valence-corrected chi connectivity index (χ0v) is 9.46. The Morgan fingerprint density at radius 3 is 2.50 bits per heavy atom. The molecule has 2 aromatic rings. The fourth-order valence-corrected chi connectivity index (χ4v) is 1.51. The largest absolute Gasteiger partial charge is 0.315 e. The van der Waals surface area contributed by atoms with Gasteiger partial charge in [0.1, 0.15) is 0 Å². The molecule has 1 aromatic carbocycles. The monoisotopic (exact) mass is 238 g/mol. The molecule has 1 heterocycles. The molecule has 0 spiro atoms. The first-order valence-corrected chi connectivity index (χ1v) is 5.26. The number of terminal acetylenes is 1. The zero-order chi connectivity index (χ0) is 13.0. The van der Waals surface area contributed by atoms with Crippen molar-refractivity contribution in [3.8, 4) is 18.0 Å². The summed E-state index contributed by atoms with van der Waals surface area (Å²) in [4.78, 5) is 22.6. The van der Waals surface area contributed by atoms with E-state index in [1.165, 1.54) is 10.6 Å². The van der Waals surface area contributed by atoms with E-state index in [9.17, 15) is 9.59 Å². The van der Waals surface area contributed by atoms with Gasteiger partial charge in [-0.15, -0.1) is 6.42 Å². The Morgan fingerprint density at radius 1 is 1.17 bits per heavy atom. The second-order valence-corrected chi connectivity index (χ2v) is 3.55. The van der Waals surface area contributed by atoms with Crippen molar-refractivity contribution in [2.24, 2.45) is 0 Å². The molecule has 1 amide bonds. The number of aromatic nitrogens is 1. The van der Waals surface area contributed by atoms with Gasteiger partial charge < -0.3 is 5.32 Å². The molecule has 4 heteroatoms. The highest BCUT2D eigenvalue weighted by Gasteiger charge is 2.00. The molecule has 1 aromatic heterocycles. The highest BCUT2D eigenvalue weighted by molar-refractivity contribution is 6.03. The first kappa shape index (κ1) is 11.7. The van der Waals surface area contributed by atoms with Gasteiger partial charge in [0.2, 0.25) is 0 Å². The molecule has 0 aliphatic rings. The normalized spacial score (nSPS) is 9.50. The van der Waals surface area contributed by atoms with E-state index in [-0.39, 0.29) is 5.56 Å². The van der Waals surface area contributed by atoms with Crippen LogP contribution < -0.4 is 10.9 Å². The minimum Gasteiger partial charge on any atom is -0.315 e. The summed E-state index contributed by atoms with van der Waals surface area (Å²) < 4.78 is 1.51. The Bertz CT molecular complexity index is 663. The van der Waals surface area contributed by atoms with E-state index < -0.39 is 5.91 Å². The van der Waals surface area contributed by atoms with E-state index >= 15 is 0 Å². The Labute approximate surface area is 104 Å². The molecule has 1 N–H and O–H groups in total. The van der Waals surface area contributed by atoms with Crippen LogP contribution in [0.1, 0.15) is 0 Å². The summed E-state index contributed by atoms with van der Waals surface area (Å²) in [5.41, 5.74) is 1.20. The predicted molar refractivity (Wildman–Crippen MR) is 69.5 cm³/mol. The lowest BCUT2D eigenvalue weighted by molar-refractivity contribution is -0.111. The lowest BCUT2D eigenvalue weighted by atomic mass is 10.2. The summed E-state index contributed by atoms with van der Waals surface area (Å²) in [5.74, 6) is 1.46. The molecule has 0 saturated carbocycles. The van der Waals surface area contributed by atoms with Gasteiger partial charge in [0, 0.05) is 23.6 Å². The van der Waals surface area contributed by atoms with E-state index in [1.54, 1.807) is 42.6 Å². The first-order chi connectivity index (χ1) is 8.70. The number of nitrogens with one attached hydrogen (secondary N) is 1. The Balaban J connectivity index is 2.29. The van der Waals surface area contributed by atoms with E-state index in [2.05, 4.69) is 5.32 Å². The fraction of sp³-hybridized carbons (Fsp3) is 0. The van der Waals surface area contributed by atoms with Crippen molar-refractivity contribution in [1.29, 1.82) is 0 Å². The van der Waals surface area contributed by atoms with Gasteiger partial charge in [-0.2, -0.15) is 0 Å². The minimum atomic E-state index is -0.500. The van der Waals surface area contributed by atoms with E-state index in [0.717, 1.165) is 5.69 Å². The standard InChI is InChI=1S/C14H10N2O2/c1-2-13(17)15-11-6-8-12(9-7-11)16-10-4-3-5-14(16)18/h1,3-10H,(H,15,17). The van der Waals surface area contributed by atoms with Gasteiger partial charge in [0.05, 0.1) is 0 Å². The fourth-order valence-electron chi connectivity index (χ4n) is 1.51.